The molecule has 1 amide bonds. The molecular formula is C22H29N3O2. The third-order valence-corrected chi connectivity index (χ3v) is 5.22. The topological polar surface area (TPSA) is 54.5 Å². The highest BCUT2D eigenvalue weighted by molar-refractivity contribution is 5.92. The van der Waals surface area contributed by atoms with E-state index in [9.17, 15) is 4.79 Å². The summed E-state index contributed by atoms with van der Waals surface area (Å²) in [6.45, 7) is 3.80. The molecule has 0 aliphatic carbocycles. The molecule has 144 valence electrons. The van der Waals surface area contributed by atoms with Crippen molar-refractivity contribution in [3.63, 3.8) is 0 Å². The molecule has 5 heteroatoms. The summed E-state index contributed by atoms with van der Waals surface area (Å²) >= 11 is 0. The van der Waals surface area contributed by atoms with Crippen LogP contribution in [0.25, 0.3) is 0 Å². The molecule has 0 bridgehead atoms. The predicted molar refractivity (Wildman–Crippen MR) is 108 cm³/mol. The first-order valence-electron chi connectivity index (χ1n) is 9.85. The number of hydrogen-bond donors (Lipinski definition) is 1. The first-order chi connectivity index (χ1) is 13.2. The molecule has 1 unspecified atom stereocenters. The third kappa shape index (κ3) is 5.00. The number of carbonyl (C=O) groups is 1. The van der Waals surface area contributed by atoms with Crippen molar-refractivity contribution in [2.45, 2.75) is 45.1 Å². The standard InChI is InChI=1S/C22H29N3O2/c1-3-19-8-4-5-14-25(19)22(26)21-11-10-18(16-24-21)23-13-12-17-7-6-9-20(15-17)27-2/h6-7,9-11,15-16,19,23H,3-5,8,12-14H2,1-2H3. The number of nitrogens with zero attached hydrogens (tertiary/aromatic N) is 2. The maximum absolute atomic E-state index is 12.8. The van der Waals surface area contributed by atoms with E-state index in [0.29, 0.717) is 11.7 Å². The van der Waals surface area contributed by atoms with Crippen molar-refractivity contribution in [2.75, 3.05) is 25.5 Å². The van der Waals surface area contributed by atoms with Gasteiger partial charge in [0.2, 0.25) is 0 Å². The highest BCUT2D eigenvalue weighted by Gasteiger charge is 2.26. The maximum Gasteiger partial charge on any atom is 0.272 e. The van der Waals surface area contributed by atoms with Crippen molar-refractivity contribution in [1.82, 2.24) is 9.88 Å². The zero-order valence-corrected chi connectivity index (χ0v) is 16.3. The Morgan fingerprint density at radius 2 is 2.19 bits per heavy atom. The number of amides is 1. The number of aromatic nitrogens is 1. The van der Waals surface area contributed by atoms with Gasteiger partial charge in [0.25, 0.3) is 5.91 Å². The van der Waals surface area contributed by atoms with Gasteiger partial charge in [-0.25, -0.2) is 4.98 Å². The molecule has 3 rings (SSSR count). The van der Waals surface area contributed by atoms with E-state index in [1.54, 1.807) is 13.3 Å². The molecule has 1 aromatic heterocycles. The van der Waals surface area contributed by atoms with Crippen LogP contribution in [0.15, 0.2) is 42.6 Å². The Balaban J connectivity index is 1.54. The number of rotatable bonds is 7. The highest BCUT2D eigenvalue weighted by Crippen LogP contribution is 2.21. The lowest BCUT2D eigenvalue weighted by atomic mass is 9.99. The first kappa shape index (κ1) is 19.2. The van der Waals surface area contributed by atoms with Crippen molar-refractivity contribution >= 4 is 11.6 Å². The van der Waals surface area contributed by atoms with Gasteiger partial charge in [-0.05, 0) is 61.9 Å². The highest BCUT2D eigenvalue weighted by atomic mass is 16.5. The third-order valence-electron chi connectivity index (χ3n) is 5.22. The lowest BCUT2D eigenvalue weighted by molar-refractivity contribution is 0.0602. The van der Waals surface area contributed by atoms with E-state index in [0.717, 1.165) is 50.2 Å². The summed E-state index contributed by atoms with van der Waals surface area (Å²) in [4.78, 5) is 19.2. The molecule has 1 atom stereocenters. The average Bonchev–Trinajstić information content (AvgIpc) is 2.74. The molecule has 1 N–H and O–H groups in total. The number of methoxy groups -OCH3 is 1. The number of nitrogens with one attached hydrogen (secondary N) is 1. The normalized spacial score (nSPS) is 16.8. The van der Waals surface area contributed by atoms with E-state index in [2.05, 4.69) is 23.3 Å². The molecule has 0 spiro atoms. The number of pyridine rings is 1. The van der Waals surface area contributed by atoms with Crippen LogP contribution in [0.1, 0.15) is 48.7 Å². The fourth-order valence-corrected chi connectivity index (χ4v) is 3.64. The number of carbonyl (C=O) groups excluding carboxylic acids is 1. The Labute approximate surface area is 161 Å². The zero-order chi connectivity index (χ0) is 19.1. The van der Waals surface area contributed by atoms with E-state index in [1.807, 2.05) is 35.2 Å². The Hall–Kier alpha value is -2.56. The van der Waals surface area contributed by atoms with Gasteiger partial charge in [-0.2, -0.15) is 0 Å². The van der Waals surface area contributed by atoms with Crippen molar-refractivity contribution < 1.29 is 9.53 Å². The number of benzene rings is 1. The predicted octanol–water partition coefficient (Wildman–Crippen LogP) is 4.15. The van der Waals surface area contributed by atoms with Crippen LogP contribution in [0.4, 0.5) is 5.69 Å². The van der Waals surface area contributed by atoms with Crippen LogP contribution < -0.4 is 10.1 Å². The summed E-state index contributed by atoms with van der Waals surface area (Å²) in [5, 5.41) is 3.37. The molecule has 2 heterocycles. The number of hydrogen-bond acceptors (Lipinski definition) is 4. The second-order valence-corrected chi connectivity index (χ2v) is 7.02. The fraction of sp³-hybridized carbons (Fsp3) is 0.455. The minimum Gasteiger partial charge on any atom is -0.497 e. The van der Waals surface area contributed by atoms with Gasteiger partial charge in [0.15, 0.2) is 0 Å². The van der Waals surface area contributed by atoms with E-state index in [1.165, 1.54) is 12.0 Å². The molecule has 1 aliphatic heterocycles. The summed E-state index contributed by atoms with van der Waals surface area (Å²) < 4.78 is 5.25. The van der Waals surface area contributed by atoms with E-state index < -0.39 is 0 Å². The molecule has 0 radical (unpaired) electrons. The monoisotopic (exact) mass is 367 g/mol. The van der Waals surface area contributed by atoms with Crippen LogP contribution in [0.2, 0.25) is 0 Å². The summed E-state index contributed by atoms with van der Waals surface area (Å²) in [6, 6.07) is 12.2. The van der Waals surface area contributed by atoms with Gasteiger partial charge in [-0.15, -0.1) is 0 Å². The minimum atomic E-state index is 0.0597. The molecular weight excluding hydrogens is 338 g/mol. The van der Waals surface area contributed by atoms with Crippen molar-refractivity contribution in [1.29, 1.82) is 0 Å². The zero-order valence-electron chi connectivity index (χ0n) is 16.3. The van der Waals surface area contributed by atoms with Gasteiger partial charge in [0.1, 0.15) is 11.4 Å². The van der Waals surface area contributed by atoms with Gasteiger partial charge in [0.05, 0.1) is 19.0 Å². The molecule has 1 aromatic carbocycles. The van der Waals surface area contributed by atoms with Crippen LogP contribution in [0.5, 0.6) is 5.75 Å². The largest absolute Gasteiger partial charge is 0.497 e. The van der Waals surface area contributed by atoms with Gasteiger partial charge in [0, 0.05) is 19.1 Å². The molecule has 1 saturated heterocycles. The Bertz CT molecular complexity index is 745. The quantitative estimate of drug-likeness (QED) is 0.799. The van der Waals surface area contributed by atoms with Crippen LogP contribution >= 0.6 is 0 Å². The van der Waals surface area contributed by atoms with Gasteiger partial charge in [-0.3, -0.25) is 4.79 Å². The lowest BCUT2D eigenvalue weighted by Gasteiger charge is -2.35. The van der Waals surface area contributed by atoms with Gasteiger partial charge in [-0.1, -0.05) is 19.1 Å². The van der Waals surface area contributed by atoms with Crippen LogP contribution in [0, 0.1) is 0 Å². The Morgan fingerprint density at radius 1 is 1.30 bits per heavy atom. The van der Waals surface area contributed by atoms with E-state index >= 15 is 0 Å². The Kier molecular flexibility index (Phi) is 6.69. The maximum atomic E-state index is 12.8. The van der Waals surface area contributed by atoms with Crippen LogP contribution in [0.3, 0.4) is 0 Å². The number of ether oxygens (including phenoxy) is 1. The van der Waals surface area contributed by atoms with Gasteiger partial charge >= 0.3 is 0 Å². The molecule has 5 nitrogen and oxygen atoms in total. The van der Waals surface area contributed by atoms with Gasteiger partial charge < -0.3 is 15.0 Å². The molecule has 0 saturated carbocycles. The first-order valence-corrected chi connectivity index (χ1v) is 9.85. The number of anilines is 1. The molecule has 27 heavy (non-hydrogen) atoms. The second-order valence-electron chi connectivity index (χ2n) is 7.02. The molecule has 1 fully saturated rings. The Morgan fingerprint density at radius 3 is 2.93 bits per heavy atom. The van der Waals surface area contributed by atoms with Crippen LogP contribution in [-0.4, -0.2) is 42.0 Å². The second kappa shape index (κ2) is 9.40. The summed E-state index contributed by atoms with van der Waals surface area (Å²) in [6.07, 6.45) is 7.06. The number of piperidine rings is 1. The molecule has 1 aliphatic rings. The van der Waals surface area contributed by atoms with E-state index in [-0.39, 0.29) is 5.91 Å². The SMILES string of the molecule is CCC1CCCCN1C(=O)c1ccc(NCCc2cccc(OC)c2)cn1. The summed E-state index contributed by atoms with van der Waals surface area (Å²) in [5.41, 5.74) is 2.69. The summed E-state index contributed by atoms with van der Waals surface area (Å²) in [7, 11) is 1.68. The van der Waals surface area contributed by atoms with Crippen molar-refractivity contribution in [2.24, 2.45) is 0 Å². The summed E-state index contributed by atoms with van der Waals surface area (Å²) in [5.74, 6) is 0.935. The van der Waals surface area contributed by atoms with E-state index in [4.69, 9.17) is 4.74 Å². The van der Waals surface area contributed by atoms with Crippen LogP contribution in [-0.2, 0) is 6.42 Å². The number of likely N-dealkylation sites (tertiary alicyclic amines) is 1. The van der Waals surface area contributed by atoms with Crippen molar-refractivity contribution in [3.8, 4) is 5.75 Å². The lowest BCUT2D eigenvalue weighted by Crippen LogP contribution is -2.43. The van der Waals surface area contributed by atoms with Crippen molar-refractivity contribution in [3.05, 3.63) is 53.9 Å². The fourth-order valence-electron chi connectivity index (χ4n) is 3.64. The molecule has 2 aromatic rings. The average molecular weight is 367 g/mol. The smallest absolute Gasteiger partial charge is 0.272 e. The minimum absolute atomic E-state index is 0.0597.